The molecule has 2 rings (SSSR count). The van der Waals surface area contributed by atoms with E-state index in [2.05, 4.69) is 5.32 Å². The van der Waals surface area contributed by atoms with Crippen LogP contribution < -0.4 is 9.62 Å². The number of amides is 1. The number of benzene rings is 2. The average molecular weight is 419 g/mol. The summed E-state index contributed by atoms with van der Waals surface area (Å²) < 4.78 is 31.0. The Labute approximate surface area is 171 Å². The topological polar surface area (TPSA) is 92.8 Å². The fraction of sp³-hybridized carbons (Fsp3) is 0.333. The van der Waals surface area contributed by atoms with Crippen LogP contribution in [0.3, 0.4) is 0 Å². The van der Waals surface area contributed by atoms with Crippen LogP contribution in [0.25, 0.3) is 0 Å². The van der Waals surface area contributed by atoms with E-state index >= 15 is 0 Å². The van der Waals surface area contributed by atoms with E-state index in [4.69, 9.17) is 4.74 Å². The number of nitrogens with one attached hydrogen (secondary N) is 1. The molecular weight excluding hydrogens is 392 g/mol. The van der Waals surface area contributed by atoms with E-state index in [0.29, 0.717) is 22.5 Å². The van der Waals surface area contributed by atoms with Crippen LogP contribution in [0.15, 0.2) is 42.5 Å². The van der Waals surface area contributed by atoms with Crippen molar-refractivity contribution >= 4 is 33.3 Å². The molecule has 0 fully saturated rings. The summed E-state index contributed by atoms with van der Waals surface area (Å²) in [5.41, 5.74) is 2.61. The number of rotatable bonds is 7. The number of methoxy groups -OCH3 is 1. The third kappa shape index (κ3) is 5.14. The molecule has 2 aromatic carbocycles. The van der Waals surface area contributed by atoms with Crippen molar-refractivity contribution in [1.82, 2.24) is 0 Å². The van der Waals surface area contributed by atoms with Gasteiger partial charge >= 0.3 is 5.97 Å². The zero-order chi connectivity index (χ0) is 21.8. The maximum Gasteiger partial charge on any atom is 0.338 e. The Kier molecular flexibility index (Phi) is 7.02. The number of aryl methyl sites for hydroxylation is 1. The lowest BCUT2D eigenvalue weighted by Gasteiger charge is -2.30. The summed E-state index contributed by atoms with van der Waals surface area (Å²) in [5.74, 6) is -0.993. The van der Waals surface area contributed by atoms with E-state index < -0.39 is 27.9 Å². The van der Waals surface area contributed by atoms with Crippen molar-refractivity contribution in [3.63, 3.8) is 0 Å². The van der Waals surface area contributed by atoms with Crippen molar-refractivity contribution in [2.24, 2.45) is 0 Å². The standard InChI is InChI=1S/C21H26N2O5S/c1-6-19(23(29(5,26)27)16-10-7-9-14(2)13-16)20(24)22-18-12-8-11-17(15(18)3)21(25)28-4/h7-13,19H,6H2,1-5H3,(H,22,24). The molecule has 0 spiro atoms. The van der Waals surface area contributed by atoms with Gasteiger partial charge in [-0.25, -0.2) is 13.2 Å². The summed E-state index contributed by atoms with van der Waals surface area (Å²) in [7, 11) is -2.44. The second kappa shape index (κ2) is 9.09. The molecule has 8 heteroatoms. The van der Waals surface area contributed by atoms with Crippen LogP contribution in [-0.2, 0) is 19.6 Å². The lowest BCUT2D eigenvalue weighted by atomic mass is 10.1. The van der Waals surface area contributed by atoms with Crippen LogP contribution in [0.2, 0.25) is 0 Å². The number of anilines is 2. The van der Waals surface area contributed by atoms with Gasteiger partial charge in [0, 0.05) is 5.69 Å². The normalized spacial score (nSPS) is 12.2. The molecule has 29 heavy (non-hydrogen) atoms. The Morgan fingerprint density at radius 2 is 1.79 bits per heavy atom. The van der Waals surface area contributed by atoms with Crippen LogP contribution in [-0.4, -0.2) is 39.7 Å². The zero-order valence-electron chi connectivity index (χ0n) is 17.2. The van der Waals surface area contributed by atoms with Gasteiger partial charge in [-0.2, -0.15) is 0 Å². The van der Waals surface area contributed by atoms with Gasteiger partial charge in [0.2, 0.25) is 15.9 Å². The summed E-state index contributed by atoms with van der Waals surface area (Å²) in [6.45, 7) is 5.29. The van der Waals surface area contributed by atoms with Gasteiger partial charge in [-0.1, -0.05) is 25.1 Å². The summed E-state index contributed by atoms with van der Waals surface area (Å²) in [4.78, 5) is 25.0. The minimum Gasteiger partial charge on any atom is -0.465 e. The molecule has 1 amide bonds. The van der Waals surface area contributed by atoms with Crippen LogP contribution in [0.4, 0.5) is 11.4 Å². The van der Waals surface area contributed by atoms with Gasteiger partial charge in [-0.15, -0.1) is 0 Å². The lowest BCUT2D eigenvalue weighted by molar-refractivity contribution is -0.117. The smallest absolute Gasteiger partial charge is 0.338 e. The molecule has 0 aliphatic carbocycles. The summed E-state index contributed by atoms with van der Waals surface area (Å²) in [6.07, 6.45) is 1.34. The Hall–Kier alpha value is -2.87. The van der Waals surface area contributed by atoms with E-state index in [0.717, 1.165) is 16.1 Å². The zero-order valence-corrected chi connectivity index (χ0v) is 18.0. The van der Waals surface area contributed by atoms with Gasteiger partial charge in [0.25, 0.3) is 0 Å². The molecule has 0 bridgehead atoms. The van der Waals surface area contributed by atoms with Crippen molar-refractivity contribution in [2.75, 3.05) is 23.0 Å². The lowest BCUT2D eigenvalue weighted by Crippen LogP contribution is -2.47. The predicted octanol–water partition coefficient (Wildman–Crippen LogP) is 3.27. The predicted molar refractivity (Wildman–Crippen MR) is 114 cm³/mol. The SMILES string of the molecule is CCC(C(=O)Nc1cccc(C(=O)OC)c1C)N(c1cccc(C)c1)S(C)(=O)=O. The van der Waals surface area contributed by atoms with Gasteiger partial charge < -0.3 is 10.1 Å². The molecular formula is C21H26N2O5S. The number of hydrogen-bond acceptors (Lipinski definition) is 5. The monoisotopic (exact) mass is 418 g/mol. The molecule has 7 nitrogen and oxygen atoms in total. The third-order valence-corrected chi connectivity index (χ3v) is 5.76. The van der Waals surface area contributed by atoms with E-state index in [1.54, 1.807) is 50.2 Å². The van der Waals surface area contributed by atoms with Crippen LogP contribution in [0, 0.1) is 13.8 Å². The summed E-state index contributed by atoms with van der Waals surface area (Å²) in [5, 5.41) is 2.76. The highest BCUT2D eigenvalue weighted by molar-refractivity contribution is 7.92. The molecule has 0 radical (unpaired) electrons. The Balaban J connectivity index is 2.42. The highest BCUT2D eigenvalue weighted by Gasteiger charge is 2.32. The minimum absolute atomic E-state index is 0.266. The Bertz CT molecular complexity index is 1020. The maximum atomic E-state index is 13.1. The molecule has 0 aliphatic rings. The van der Waals surface area contributed by atoms with Crippen molar-refractivity contribution in [1.29, 1.82) is 0 Å². The van der Waals surface area contributed by atoms with Gasteiger partial charge in [0.05, 0.1) is 24.6 Å². The Morgan fingerprint density at radius 1 is 1.14 bits per heavy atom. The van der Waals surface area contributed by atoms with E-state index in [9.17, 15) is 18.0 Å². The Morgan fingerprint density at radius 3 is 2.34 bits per heavy atom. The fourth-order valence-corrected chi connectivity index (χ4v) is 4.35. The van der Waals surface area contributed by atoms with Crippen LogP contribution in [0.5, 0.6) is 0 Å². The van der Waals surface area contributed by atoms with Gasteiger partial charge in [-0.05, 0) is 55.7 Å². The molecule has 1 N–H and O–H groups in total. The highest BCUT2D eigenvalue weighted by atomic mass is 32.2. The van der Waals surface area contributed by atoms with E-state index in [-0.39, 0.29) is 6.42 Å². The van der Waals surface area contributed by atoms with Gasteiger partial charge in [0.15, 0.2) is 0 Å². The van der Waals surface area contributed by atoms with E-state index in [1.165, 1.54) is 7.11 Å². The number of nitrogens with zero attached hydrogens (tertiary/aromatic N) is 1. The summed E-state index contributed by atoms with van der Waals surface area (Å²) >= 11 is 0. The number of hydrogen-bond donors (Lipinski definition) is 1. The first kappa shape index (κ1) is 22.4. The van der Waals surface area contributed by atoms with Crippen molar-refractivity contribution in [2.45, 2.75) is 33.2 Å². The number of esters is 1. The number of carbonyl (C=O) groups excluding carboxylic acids is 2. The molecule has 0 saturated carbocycles. The molecule has 0 saturated heterocycles. The molecule has 1 unspecified atom stereocenters. The number of sulfonamides is 1. The fourth-order valence-electron chi connectivity index (χ4n) is 3.14. The average Bonchev–Trinajstić information content (AvgIpc) is 2.65. The maximum absolute atomic E-state index is 13.1. The van der Waals surface area contributed by atoms with Gasteiger partial charge in [-0.3, -0.25) is 9.10 Å². The highest BCUT2D eigenvalue weighted by Crippen LogP contribution is 2.25. The molecule has 0 aliphatic heterocycles. The second-order valence-corrected chi connectivity index (χ2v) is 8.64. The number of ether oxygens (including phenoxy) is 1. The van der Waals surface area contributed by atoms with Gasteiger partial charge in [0.1, 0.15) is 6.04 Å². The molecule has 156 valence electrons. The van der Waals surface area contributed by atoms with Crippen LogP contribution >= 0.6 is 0 Å². The van der Waals surface area contributed by atoms with Crippen molar-refractivity contribution in [3.8, 4) is 0 Å². The summed E-state index contributed by atoms with van der Waals surface area (Å²) in [6, 6.07) is 10.9. The van der Waals surface area contributed by atoms with Crippen LogP contribution in [0.1, 0.15) is 34.8 Å². The molecule has 2 aromatic rings. The van der Waals surface area contributed by atoms with Crippen molar-refractivity contribution < 1.29 is 22.7 Å². The quantitative estimate of drug-likeness (QED) is 0.697. The second-order valence-electron chi connectivity index (χ2n) is 6.78. The molecule has 0 heterocycles. The molecule has 1 atom stereocenters. The van der Waals surface area contributed by atoms with E-state index in [1.807, 2.05) is 13.0 Å². The molecule has 0 aromatic heterocycles. The first-order valence-corrected chi connectivity index (χ1v) is 11.0. The first-order valence-electron chi connectivity index (χ1n) is 9.15. The number of carbonyl (C=O) groups is 2. The first-order chi connectivity index (χ1) is 13.6. The largest absolute Gasteiger partial charge is 0.465 e. The minimum atomic E-state index is -3.72. The van der Waals surface area contributed by atoms with Crippen molar-refractivity contribution in [3.05, 3.63) is 59.2 Å². The third-order valence-electron chi connectivity index (χ3n) is 4.58.